The SMILES string of the molecule is Cc1cc(C(F)(F)C(F)(F)F)n2nc(C(=O)Nc3cnn(Cc4cccc(F)c4)c3)cc2n1. The van der Waals surface area contributed by atoms with Gasteiger partial charge in [-0.3, -0.25) is 9.48 Å². The third-order valence-corrected chi connectivity index (χ3v) is 4.59. The summed E-state index contributed by atoms with van der Waals surface area (Å²) in [5, 5.41) is 10.1. The fraction of sp³-hybridized carbons (Fsp3) is 0.200. The number of aromatic nitrogens is 5. The molecule has 0 aliphatic heterocycles. The molecular weight excluding hydrogens is 454 g/mol. The number of hydrogen-bond donors (Lipinski definition) is 1. The number of nitrogens with one attached hydrogen (secondary N) is 1. The number of carbonyl (C=O) groups is 1. The van der Waals surface area contributed by atoms with Gasteiger partial charge in [-0.25, -0.2) is 13.9 Å². The first-order valence-corrected chi connectivity index (χ1v) is 9.35. The third-order valence-electron chi connectivity index (χ3n) is 4.59. The van der Waals surface area contributed by atoms with Crippen LogP contribution in [-0.4, -0.2) is 36.5 Å². The zero-order valence-electron chi connectivity index (χ0n) is 16.7. The lowest BCUT2D eigenvalue weighted by Crippen LogP contribution is -2.36. The molecule has 3 aromatic heterocycles. The number of aryl methyl sites for hydroxylation is 1. The molecular formula is C20H14F6N6O. The number of alkyl halides is 5. The largest absolute Gasteiger partial charge is 0.459 e. The molecule has 3 heterocycles. The predicted molar refractivity (Wildman–Crippen MR) is 103 cm³/mol. The second-order valence-corrected chi connectivity index (χ2v) is 7.17. The first-order valence-electron chi connectivity index (χ1n) is 9.35. The minimum absolute atomic E-state index is 0.105. The molecule has 0 aliphatic rings. The Morgan fingerprint density at radius 3 is 2.58 bits per heavy atom. The molecule has 1 aromatic carbocycles. The average molecular weight is 468 g/mol. The van der Waals surface area contributed by atoms with Crippen molar-refractivity contribution in [2.24, 2.45) is 0 Å². The molecule has 0 fully saturated rings. The Morgan fingerprint density at radius 1 is 1.12 bits per heavy atom. The lowest BCUT2D eigenvalue weighted by Gasteiger charge is -2.20. The lowest BCUT2D eigenvalue weighted by molar-refractivity contribution is -0.291. The summed E-state index contributed by atoms with van der Waals surface area (Å²) in [6, 6.07) is 7.38. The quantitative estimate of drug-likeness (QED) is 0.443. The van der Waals surface area contributed by atoms with Crippen molar-refractivity contribution < 1.29 is 31.1 Å². The number of nitrogens with zero attached hydrogens (tertiary/aromatic N) is 5. The summed E-state index contributed by atoms with van der Waals surface area (Å²) >= 11 is 0. The van der Waals surface area contributed by atoms with Crippen LogP contribution in [0.1, 0.15) is 27.4 Å². The van der Waals surface area contributed by atoms with E-state index in [4.69, 9.17) is 0 Å². The van der Waals surface area contributed by atoms with Crippen LogP contribution < -0.4 is 5.32 Å². The summed E-state index contributed by atoms with van der Waals surface area (Å²) in [4.78, 5) is 16.4. The van der Waals surface area contributed by atoms with Gasteiger partial charge in [0.2, 0.25) is 0 Å². The minimum Gasteiger partial charge on any atom is -0.318 e. The number of anilines is 1. The Hall–Kier alpha value is -3.90. The fourth-order valence-corrected chi connectivity index (χ4v) is 3.11. The van der Waals surface area contributed by atoms with Crippen molar-refractivity contribution in [1.82, 2.24) is 24.4 Å². The Kier molecular flexibility index (Phi) is 5.34. The van der Waals surface area contributed by atoms with Crippen molar-refractivity contribution >= 4 is 17.2 Å². The number of rotatable bonds is 5. The molecule has 0 spiro atoms. The molecule has 0 saturated heterocycles. The first-order chi connectivity index (χ1) is 15.4. The Morgan fingerprint density at radius 2 is 1.88 bits per heavy atom. The maximum absolute atomic E-state index is 14.0. The van der Waals surface area contributed by atoms with E-state index in [0.717, 1.165) is 6.07 Å². The van der Waals surface area contributed by atoms with Crippen LogP contribution in [0.5, 0.6) is 0 Å². The summed E-state index contributed by atoms with van der Waals surface area (Å²) in [5.74, 6) is -6.50. The van der Waals surface area contributed by atoms with Crippen LogP contribution in [0.15, 0.2) is 48.8 Å². The van der Waals surface area contributed by atoms with Crippen LogP contribution in [0.3, 0.4) is 0 Å². The number of benzene rings is 1. The monoisotopic (exact) mass is 468 g/mol. The smallest absolute Gasteiger partial charge is 0.318 e. The molecule has 1 N–H and O–H groups in total. The van der Waals surface area contributed by atoms with E-state index in [0.29, 0.717) is 16.1 Å². The summed E-state index contributed by atoms with van der Waals surface area (Å²) in [6.07, 6.45) is -3.14. The molecule has 1 amide bonds. The highest BCUT2D eigenvalue weighted by Crippen LogP contribution is 2.43. The van der Waals surface area contributed by atoms with Gasteiger partial charge < -0.3 is 5.32 Å². The molecule has 4 aromatic rings. The number of amides is 1. The van der Waals surface area contributed by atoms with Gasteiger partial charge in [0.15, 0.2) is 11.3 Å². The molecule has 13 heteroatoms. The van der Waals surface area contributed by atoms with Gasteiger partial charge in [0.25, 0.3) is 5.91 Å². The summed E-state index contributed by atoms with van der Waals surface area (Å²) in [6.45, 7) is 1.46. The average Bonchev–Trinajstić information content (AvgIpc) is 3.33. The van der Waals surface area contributed by atoms with E-state index in [9.17, 15) is 31.1 Å². The number of halogens is 6. The summed E-state index contributed by atoms with van der Waals surface area (Å²) in [5.41, 5.74) is -1.51. The molecule has 172 valence electrons. The van der Waals surface area contributed by atoms with Crippen molar-refractivity contribution in [3.63, 3.8) is 0 Å². The number of hydrogen-bond acceptors (Lipinski definition) is 4. The fourth-order valence-electron chi connectivity index (χ4n) is 3.11. The van der Waals surface area contributed by atoms with Crippen LogP contribution in [0.25, 0.3) is 5.65 Å². The third kappa shape index (κ3) is 4.38. The van der Waals surface area contributed by atoms with Crippen LogP contribution in [0.2, 0.25) is 0 Å². The summed E-state index contributed by atoms with van der Waals surface area (Å²) in [7, 11) is 0. The zero-order chi connectivity index (χ0) is 24.0. The van der Waals surface area contributed by atoms with Crippen LogP contribution in [0, 0.1) is 12.7 Å². The van der Waals surface area contributed by atoms with Gasteiger partial charge in [0, 0.05) is 18.0 Å². The van der Waals surface area contributed by atoms with Crippen LogP contribution in [-0.2, 0) is 12.5 Å². The number of fused-ring (bicyclic) bond motifs is 1. The molecule has 0 unspecified atom stereocenters. The molecule has 0 atom stereocenters. The first kappa shape index (κ1) is 22.3. The van der Waals surface area contributed by atoms with Crippen molar-refractivity contribution in [1.29, 1.82) is 0 Å². The van der Waals surface area contributed by atoms with Crippen molar-refractivity contribution in [3.05, 3.63) is 77.3 Å². The highest BCUT2D eigenvalue weighted by atomic mass is 19.4. The second-order valence-electron chi connectivity index (χ2n) is 7.17. The predicted octanol–water partition coefficient (Wildman–Crippen LogP) is 4.33. The standard InChI is InChI=1S/C20H14F6N6O/c1-11-5-16(19(22,23)20(24,25)26)32-17(28-11)7-15(30-32)18(33)29-14-8-27-31(10-14)9-12-3-2-4-13(21)6-12/h2-8,10H,9H2,1H3,(H,29,33). The Labute approximate surface area is 181 Å². The molecule has 0 saturated carbocycles. The second kappa shape index (κ2) is 7.90. The van der Waals surface area contributed by atoms with Crippen LogP contribution >= 0.6 is 0 Å². The summed E-state index contributed by atoms with van der Waals surface area (Å²) < 4.78 is 81.7. The van der Waals surface area contributed by atoms with E-state index >= 15 is 0 Å². The molecule has 0 radical (unpaired) electrons. The van der Waals surface area contributed by atoms with E-state index in [2.05, 4.69) is 20.5 Å². The van der Waals surface area contributed by atoms with E-state index < -0.39 is 35.2 Å². The highest BCUT2D eigenvalue weighted by Gasteiger charge is 2.60. The maximum atomic E-state index is 14.0. The molecule has 33 heavy (non-hydrogen) atoms. The molecule has 7 nitrogen and oxygen atoms in total. The van der Waals surface area contributed by atoms with Crippen LogP contribution in [0.4, 0.5) is 32.0 Å². The van der Waals surface area contributed by atoms with Gasteiger partial charge in [0.05, 0.1) is 18.4 Å². The minimum atomic E-state index is -5.86. The Bertz CT molecular complexity index is 1340. The van der Waals surface area contributed by atoms with Gasteiger partial charge in [-0.1, -0.05) is 12.1 Å². The van der Waals surface area contributed by atoms with E-state index in [-0.39, 0.29) is 23.6 Å². The maximum Gasteiger partial charge on any atom is 0.459 e. The molecule has 0 bridgehead atoms. The highest BCUT2D eigenvalue weighted by molar-refractivity contribution is 6.03. The topological polar surface area (TPSA) is 77.1 Å². The number of carbonyl (C=O) groups excluding carboxylic acids is 1. The lowest BCUT2D eigenvalue weighted by atomic mass is 10.2. The van der Waals surface area contributed by atoms with Crippen molar-refractivity contribution in [3.8, 4) is 0 Å². The van der Waals surface area contributed by atoms with Gasteiger partial charge in [0.1, 0.15) is 11.5 Å². The molecule has 0 aliphatic carbocycles. The van der Waals surface area contributed by atoms with Gasteiger partial charge in [-0.2, -0.15) is 32.1 Å². The van der Waals surface area contributed by atoms with E-state index in [1.807, 2.05) is 0 Å². The molecule has 4 rings (SSSR count). The normalized spacial score (nSPS) is 12.3. The van der Waals surface area contributed by atoms with Gasteiger partial charge in [-0.15, -0.1) is 0 Å². The van der Waals surface area contributed by atoms with Gasteiger partial charge in [-0.05, 0) is 30.7 Å². The van der Waals surface area contributed by atoms with E-state index in [1.54, 1.807) is 6.07 Å². The van der Waals surface area contributed by atoms with E-state index in [1.165, 1.54) is 42.2 Å². The van der Waals surface area contributed by atoms with Crippen molar-refractivity contribution in [2.75, 3.05) is 5.32 Å². The van der Waals surface area contributed by atoms with Crippen molar-refractivity contribution in [2.45, 2.75) is 25.6 Å². The zero-order valence-corrected chi connectivity index (χ0v) is 16.7. The van der Waals surface area contributed by atoms with Gasteiger partial charge >= 0.3 is 12.1 Å². The Balaban J connectivity index is 1.58.